The van der Waals surface area contributed by atoms with Gasteiger partial charge in [-0.15, -0.1) is 0 Å². The van der Waals surface area contributed by atoms with Gasteiger partial charge < -0.3 is 28.7 Å². The maximum atomic E-state index is 15.1. The quantitative estimate of drug-likeness (QED) is 0.0295. The summed E-state index contributed by atoms with van der Waals surface area (Å²) >= 11 is 1.11. The predicted molar refractivity (Wildman–Crippen MR) is 358 cm³/mol. The van der Waals surface area contributed by atoms with Gasteiger partial charge in [0.2, 0.25) is 11.8 Å². The summed E-state index contributed by atoms with van der Waals surface area (Å²) in [6.07, 6.45) is -15.7. The number of likely N-dealkylation sites (N-methyl/N-ethyl adjacent to an activating group) is 2. The molecule has 1 atom stereocenters. The zero-order valence-electron chi connectivity index (χ0n) is 80.3. The molecule has 0 saturated heterocycles. The largest absolute Gasteiger partial charge is 0.416 e. The lowest BCUT2D eigenvalue weighted by molar-refractivity contribution is -0.138. The second kappa shape index (κ2) is 32.7. The Morgan fingerprint density at radius 3 is 1.63 bits per heavy atom. The number of aromatic nitrogens is 4. The number of amides is 2. The Morgan fingerprint density at radius 2 is 1.06 bits per heavy atom. The number of fused-ring (bicyclic) bond motifs is 2. The molecule has 12 nitrogen and oxygen atoms in total. The lowest BCUT2D eigenvalue weighted by atomic mass is 10.0. The van der Waals surface area contributed by atoms with Crippen LogP contribution >= 0.6 is 23.5 Å². The maximum absolute atomic E-state index is 15.1. The molecule has 0 saturated carbocycles. The second-order valence-corrected chi connectivity index (χ2v) is 22.5. The van der Waals surface area contributed by atoms with Crippen LogP contribution in [0.2, 0.25) is 0 Å². The number of nitrogens with zero attached hydrogens (tertiary/aromatic N) is 8. The molecular formula is C73H78F8N8O4S2. The Labute approximate surface area is 598 Å². The zero-order chi connectivity index (χ0) is 93.7. The molecule has 10 rings (SSSR count). The van der Waals surface area contributed by atoms with Crippen LogP contribution in [0.5, 0.6) is 0 Å². The molecular weight excluding hydrogens is 1270 g/mol. The summed E-state index contributed by atoms with van der Waals surface area (Å²) in [6, 6.07) is 1.10. The third-order valence-corrected chi connectivity index (χ3v) is 16.2. The zero-order valence-corrected chi connectivity index (χ0v) is 52.9. The number of hydrogen-bond donors (Lipinski definition) is 0. The molecule has 22 heteroatoms. The molecule has 0 spiro atoms. The standard InChI is InChI=1S/C37H40F4N4O2S.C36H38F4N4O2S/c1-4-43(5-2)18-19-44(22-26-6-10-28(11-7-26)29-12-14-30(15-13-29)37(39,40)41)34(46)23-45-33-21-25(3)20-32(33)35(47)42-36(45)48-24-27-8-16-31(38)17-9-27;1-3-42(4-2)20-21-43(22-25-8-12-27(13-9-25)28-14-16-29(17-15-28)36(38,39)40)33(45)23-44-32-7-5-6-31(32)34(46)41-35(44)47-24-26-10-18-30(37)19-11-26/h6-17,25H,4-5,18-24H2,1-3H3;8-19H,3-7,20-24H2,1-2H3/i4D2,5D2,6D,7D,8D,9D,10D,11D,12D,13D,14D,15D,16D,17D,20D2,21D2,23D2,25D;20D2,21D2,23D2. The highest BCUT2D eigenvalue weighted by atomic mass is 32.2. The molecule has 8 aromatic rings. The van der Waals surface area contributed by atoms with Crippen LogP contribution in [0.1, 0.15) is 137 Å². The van der Waals surface area contributed by atoms with Crippen molar-refractivity contribution in [1.82, 2.24) is 38.7 Å². The van der Waals surface area contributed by atoms with Crippen molar-refractivity contribution < 1.29 is 84.5 Å². The Balaban J connectivity index is 0.000000293. The van der Waals surface area contributed by atoms with Gasteiger partial charge in [-0.3, -0.25) is 19.2 Å². The van der Waals surface area contributed by atoms with E-state index < -0.39 is 259 Å². The first-order valence-corrected chi connectivity index (χ1v) is 31.0. The monoisotopic (exact) mass is 1380 g/mol. The lowest BCUT2D eigenvalue weighted by Gasteiger charge is -2.28. The van der Waals surface area contributed by atoms with Crippen molar-refractivity contribution in [3.05, 3.63) is 234 Å². The summed E-state index contributed by atoms with van der Waals surface area (Å²) in [5.41, 5.74) is -8.72. The fourth-order valence-electron chi connectivity index (χ4n) is 9.28. The van der Waals surface area contributed by atoms with Crippen LogP contribution in [0.3, 0.4) is 0 Å². The van der Waals surface area contributed by atoms with Crippen molar-refractivity contribution in [2.24, 2.45) is 5.89 Å². The van der Waals surface area contributed by atoms with E-state index in [2.05, 4.69) is 9.97 Å². The summed E-state index contributed by atoms with van der Waals surface area (Å²) in [7, 11) is 0. The van der Waals surface area contributed by atoms with Gasteiger partial charge in [0, 0.05) is 88.3 Å². The van der Waals surface area contributed by atoms with E-state index in [-0.39, 0.29) is 58.0 Å². The first kappa shape index (κ1) is 41.9. The molecule has 2 aromatic heterocycles. The normalized spacial score (nSPS) is 20.8. The molecule has 502 valence electrons. The van der Waals surface area contributed by atoms with E-state index in [0.29, 0.717) is 56.7 Å². The highest BCUT2D eigenvalue weighted by molar-refractivity contribution is 7.98. The van der Waals surface area contributed by atoms with E-state index in [9.17, 15) is 55.0 Å². The van der Waals surface area contributed by atoms with E-state index >= 15 is 4.79 Å². The summed E-state index contributed by atoms with van der Waals surface area (Å²) < 4.78 is 361. The fourth-order valence-corrected chi connectivity index (χ4v) is 11.0. The third kappa shape index (κ3) is 19.2. The smallest absolute Gasteiger partial charge is 0.336 e. The van der Waals surface area contributed by atoms with Gasteiger partial charge in [0.15, 0.2) is 10.3 Å². The van der Waals surface area contributed by atoms with Crippen LogP contribution < -0.4 is 11.1 Å². The van der Waals surface area contributed by atoms with Gasteiger partial charge in [-0.2, -0.15) is 36.3 Å². The average molecular weight is 1380 g/mol. The van der Waals surface area contributed by atoms with Crippen LogP contribution in [0, 0.1) is 17.5 Å². The van der Waals surface area contributed by atoms with Crippen molar-refractivity contribution in [2.75, 3.05) is 52.2 Å². The Kier molecular flexibility index (Phi) is 14.4. The molecule has 2 aliphatic carbocycles. The van der Waals surface area contributed by atoms with Crippen LogP contribution in [-0.4, -0.2) is 103 Å². The van der Waals surface area contributed by atoms with Gasteiger partial charge in [0.25, 0.3) is 11.1 Å². The Bertz CT molecular complexity index is 5500. The molecule has 2 heterocycles. The van der Waals surface area contributed by atoms with Gasteiger partial charge >= 0.3 is 12.4 Å². The number of alkyl halides is 6. The minimum atomic E-state index is -5.42. The second-order valence-electron chi connectivity index (χ2n) is 20.7. The predicted octanol–water partition coefficient (Wildman–Crippen LogP) is 14.7. The molecule has 0 fully saturated rings. The lowest BCUT2D eigenvalue weighted by Crippen LogP contribution is -2.40. The van der Waals surface area contributed by atoms with Crippen LogP contribution in [-0.2, 0) is 85.1 Å². The topological polar surface area (TPSA) is 117 Å². The minimum absolute atomic E-state index is 0.0705. The maximum Gasteiger partial charge on any atom is 0.416 e. The van der Waals surface area contributed by atoms with E-state index in [1.165, 1.54) is 53.4 Å². The average Bonchev–Trinajstić information content (AvgIpc) is 1.51. The first-order valence-electron chi connectivity index (χ1n) is 43.5. The van der Waals surface area contributed by atoms with Crippen molar-refractivity contribution in [3.63, 3.8) is 0 Å². The first-order chi connectivity index (χ1) is 56.8. The Morgan fingerprint density at radius 1 is 0.558 bits per heavy atom. The van der Waals surface area contributed by atoms with Crippen molar-refractivity contribution >= 4 is 35.3 Å². The fraction of sp³-hybridized carbons (Fsp3) is 0.370. The summed E-state index contributed by atoms with van der Waals surface area (Å²) in [4.78, 5) is 67.0. The highest BCUT2D eigenvalue weighted by Crippen LogP contribution is 2.35. The molecule has 6 aromatic carbocycles. The van der Waals surface area contributed by atoms with Crippen molar-refractivity contribution in [3.8, 4) is 22.3 Å². The molecule has 0 aliphatic heterocycles. The van der Waals surface area contributed by atoms with Gasteiger partial charge in [-0.25, -0.2) is 8.78 Å². The molecule has 1 unspecified atom stereocenters. The van der Waals surface area contributed by atoms with Gasteiger partial charge in [-0.1, -0.05) is 155 Å². The number of halogens is 8. The highest BCUT2D eigenvalue weighted by Gasteiger charge is 2.33. The van der Waals surface area contributed by atoms with Gasteiger partial charge in [0.1, 0.15) is 24.6 Å². The van der Waals surface area contributed by atoms with E-state index in [0.717, 1.165) is 42.3 Å². The number of carbonyl (C=O) groups is 2. The molecule has 95 heavy (non-hydrogen) atoms. The number of thioether (sulfide) groups is 2. The summed E-state index contributed by atoms with van der Waals surface area (Å²) in [6.45, 7) is -16.0. The molecule has 0 bridgehead atoms. The van der Waals surface area contributed by atoms with E-state index in [1.54, 1.807) is 26.0 Å². The van der Waals surface area contributed by atoms with Crippen molar-refractivity contribution in [1.29, 1.82) is 0 Å². The van der Waals surface area contributed by atoms with E-state index in [4.69, 9.17) is 34.3 Å². The number of benzene rings is 6. The number of hydrogen-bond acceptors (Lipinski definition) is 10. The summed E-state index contributed by atoms with van der Waals surface area (Å²) in [5.74, 6) is -9.10. The van der Waals surface area contributed by atoms with Crippen LogP contribution in [0.4, 0.5) is 35.1 Å². The SMILES string of the molecule is [2H]C([2H])(C(=O)N(Cc1ccc(-c2ccc(C(F)(F)F)cc2)cc1)C([2H])([2H])C([2H])([2H])N(CC)CC)n1c(SCc2ccc(F)cc2)nc(=O)c2c1CCC2.[2H]c1c([2H])c(CSc2nc(=O)c3c(n2C([2H])([2H])C(=O)N(CCN(C([2H])([2H])C)C([2H])([2H])C)Cc2c([2H])c([2H])c(-c4c([2H])c([2H])c(C(F)(F)F)c([2H])c4[2H])c([2H])c2[2H])C([2H])([2H])C([2H])(C)C3([2H])[2H])c([2H])c([2H])c1F. The van der Waals surface area contributed by atoms with E-state index in [1.807, 2.05) is 0 Å². The minimum Gasteiger partial charge on any atom is -0.336 e. The van der Waals surface area contributed by atoms with Crippen LogP contribution in [0.25, 0.3) is 22.3 Å². The summed E-state index contributed by atoms with van der Waals surface area (Å²) in [5, 5.41) is -1.18. The molecule has 0 radical (unpaired) electrons. The van der Waals surface area contributed by atoms with Gasteiger partial charge in [-0.05, 0) is 157 Å². The van der Waals surface area contributed by atoms with Gasteiger partial charge in [0.05, 0.1) is 35.8 Å². The third-order valence-electron chi connectivity index (χ3n) is 14.3. The molecule has 2 amide bonds. The van der Waals surface area contributed by atoms with Crippen LogP contribution in [0.15, 0.2) is 165 Å². The van der Waals surface area contributed by atoms with Crippen molar-refractivity contribution in [2.45, 2.75) is 127 Å². The Hall–Kier alpha value is -7.92. The number of rotatable bonds is 26. The number of carbonyl (C=O) groups excluding carboxylic acids is 2. The molecule has 2 aliphatic rings. The molecule has 0 N–H and O–H groups in total.